The lowest BCUT2D eigenvalue weighted by atomic mass is 9.86. The van der Waals surface area contributed by atoms with Crippen molar-refractivity contribution >= 4 is 11.9 Å². The minimum atomic E-state index is -0.832. The fourth-order valence-corrected chi connectivity index (χ4v) is 3.67. The molecular weight excluding hydrogens is 230 g/mol. The van der Waals surface area contributed by atoms with E-state index in [0.29, 0.717) is 25.4 Å². The van der Waals surface area contributed by atoms with Gasteiger partial charge in [0.1, 0.15) is 0 Å². The topological polar surface area (TPSA) is 57.6 Å². The maximum absolute atomic E-state index is 12.2. The summed E-state index contributed by atoms with van der Waals surface area (Å²) < 4.78 is 0. The largest absolute Gasteiger partial charge is 0.481 e. The number of carboxylic acids is 1. The van der Waals surface area contributed by atoms with Gasteiger partial charge in [0.15, 0.2) is 0 Å². The molecule has 1 amide bonds. The van der Waals surface area contributed by atoms with E-state index in [4.69, 9.17) is 5.11 Å². The fourth-order valence-electron chi connectivity index (χ4n) is 3.67. The van der Waals surface area contributed by atoms with Gasteiger partial charge < -0.3 is 10.0 Å². The van der Waals surface area contributed by atoms with E-state index in [1.54, 1.807) is 4.90 Å². The van der Waals surface area contributed by atoms with Gasteiger partial charge in [-0.1, -0.05) is 6.42 Å². The van der Waals surface area contributed by atoms with Gasteiger partial charge >= 0.3 is 5.97 Å². The number of carbonyl (C=O) groups is 2. The van der Waals surface area contributed by atoms with Gasteiger partial charge in [0.2, 0.25) is 5.91 Å². The van der Waals surface area contributed by atoms with Crippen LogP contribution in [0.1, 0.15) is 45.4 Å². The maximum atomic E-state index is 12.2. The number of carboxylic acid groups (broad SMARTS) is 1. The third-order valence-electron chi connectivity index (χ3n) is 4.65. The molecule has 0 aromatic heterocycles. The lowest BCUT2D eigenvalue weighted by Gasteiger charge is -2.25. The van der Waals surface area contributed by atoms with Crippen LogP contribution in [0.15, 0.2) is 0 Å². The highest BCUT2D eigenvalue weighted by Gasteiger charge is 2.40. The third kappa shape index (κ3) is 3.03. The molecule has 2 fully saturated rings. The normalized spacial score (nSPS) is 29.5. The highest BCUT2D eigenvalue weighted by molar-refractivity contribution is 5.77. The summed E-state index contributed by atoms with van der Waals surface area (Å²) >= 11 is 0. The van der Waals surface area contributed by atoms with Crippen LogP contribution in [-0.4, -0.2) is 35.0 Å². The molecule has 0 aromatic rings. The second kappa shape index (κ2) is 5.72. The van der Waals surface area contributed by atoms with Gasteiger partial charge in [-0.15, -0.1) is 0 Å². The van der Waals surface area contributed by atoms with Crippen molar-refractivity contribution in [3.8, 4) is 0 Å². The van der Waals surface area contributed by atoms with Crippen LogP contribution in [0.3, 0.4) is 0 Å². The van der Waals surface area contributed by atoms with Crippen LogP contribution in [0.4, 0.5) is 0 Å². The monoisotopic (exact) mass is 253 g/mol. The van der Waals surface area contributed by atoms with E-state index in [1.807, 2.05) is 6.92 Å². The Balaban J connectivity index is 1.80. The van der Waals surface area contributed by atoms with Gasteiger partial charge in [0.05, 0.1) is 6.42 Å². The minimum absolute atomic E-state index is 0.0519. The van der Waals surface area contributed by atoms with E-state index in [2.05, 4.69) is 0 Å². The molecule has 0 spiro atoms. The van der Waals surface area contributed by atoms with Gasteiger partial charge in [-0.25, -0.2) is 0 Å². The van der Waals surface area contributed by atoms with E-state index in [-0.39, 0.29) is 12.3 Å². The number of amides is 1. The van der Waals surface area contributed by atoms with E-state index in [1.165, 1.54) is 25.7 Å². The molecule has 2 bridgehead atoms. The number of fused-ring (bicyclic) bond motifs is 2. The lowest BCUT2D eigenvalue weighted by Crippen LogP contribution is -2.34. The highest BCUT2D eigenvalue weighted by atomic mass is 16.4. The summed E-state index contributed by atoms with van der Waals surface area (Å²) in [7, 11) is 0. The summed E-state index contributed by atoms with van der Waals surface area (Å²) in [5.41, 5.74) is 0. The van der Waals surface area contributed by atoms with Crippen molar-refractivity contribution in [1.82, 2.24) is 4.90 Å². The summed E-state index contributed by atoms with van der Waals surface area (Å²) in [5, 5.41) is 8.67. The summed E-state index contributed by atoms with van der Waals surface area (Å²) in [6.45, 7) is 2.89. The Morgan fingerprint density at radius 1 is 1.28 bits per heavy atom. The Hall–Kier alpha value is -1.06. The Morgan fingerprint density at radius 3 is 2.56 bits per heavy atom. The van der Waals surface area contributed by atoms with Crippen molar-refractivity contribution in [2.45, 2.75) is 45.4 Å². The molecule has 18 heavy (non-hydrogen) atoms. The zero-order valence-electron chi connectivity index (χ0n) is 11.1. The Bertz CT molecular complexity index is 329. The summed E-state index contributed by atoms with van der Waals surface area (Å²) in [6.07, 6.45) is 5.87. The van der Waals surface area contributed by atoms with Gasteiger partial charge in [-0.3, -0.25) is 9.59 Å². The van der Waals surface area contributed by atoms with E-state index < -0.39 is 5.97 Å². The van der Waals surface area contributed by atoms with Crippen molar-refractivity contribution in [2.24, 2.45) is 17.8 Å². The molecule has 2 aliphatic rings. The molecule has 2 saturated carbocycles. The van der Waals surface area contributed by atoms with Crippen molar-refractivity contribution < 1.29 is 14.7 Å². The molecule has 0 radical (unpaired) electrons. The third-order valence-corrected chi connectivity index (χ3v) is 4.65. The van der Waals surface area contributed by atoms with Crippen LogP contribution < -0.4 is 0 Å². The second-order valence-corrected chi connectivity index (χ2v) is 5.76. The number of hydrogen-bond donors (Lipinski definition) is 1. The smallest absolute Gasteiger partial charge is 0.305 e. The first-order chi connectivity index (χ1) is 8.60. The summed E-state index contributed by atoms with van der Waals surface area (Å²) in [4.78, 5) is 24.4. The predicted octanol–water partition coefficient (Wildman–Crippen LogP) is 2.14. The van der Waals surface area contributed by atoms with Crippen LogP contribution in [0.5, 0.6) is 0 Å². The Morgan fingerprint density at radius 2 is 2.06 bits per heavy atom. The molecule has 4 heteroatoms. The number of nitrogens with zero attached hydrogens (tertiary/aromatic N) is 1. The van der Waals surface area contributed by atoms with Gasteiger partial charge in [0.25, 0.3) is 0 Å². The molecule has 102 valence electrons. The van der Waals surface area contributed by atoms with E-state index >= 15 is 0 Å². The molecule has 0 aromatic carbocycles. The highest BCUT2D eigenvalue weighted by Crippen LogP contribution is 2.49. The fraction of sp³-hybridized carbons (Fsp3) is 0.857. The molecule has 0 heterocycles. The average molecular weight is 253 g/mol. The SMILES string of the molecule is CCN(CCC(=O)O)C(=O)CC1CC2CCC1C2. The van der Waals surface area contributed by atoms with Gasteiger partial charge in [0, 0.05) is 19.5 Å². The van der Waals surface area contributed by atoms with Crippen molar-refractivity contribution in [2.75, 3.05) is 13.1 Å². The number of carbonyl (C=O) groups excluding carboxylic acids is 1. The number of rotatable bonds is 6. The molecule has 0 aliphatic heterocycles. The van der Waals surface area contributed by atoms with Crippen molar-refractivity contribution in [3.63, 3.8) is 0 Å². The van der Waals surface area contributed by atoms with Crippen LogP contribution in [0.25, 0.3) is 0 Å². The quantitative estimate of drug-likeness (QED) is 0.789. The molecule has 0 saturated heterocycles. The number of aliphatic carboxylic acids is 1. The molecule has 3 unspecified atom stereocenters. The zero-order chi connectivity index (χ0) is 13.1. The second-order valence-electron chi connectivity index (χ2n) is 5.76. The summed E-state index contributed by atoms with van der Waals surface area (Å²) in [6, 6.07) is 0. The maximum Gasteiger partial charge on any atom is 0.305 e. The lowest BCUT2D eigenvalue weighted by molar-refractivity contribution is -0.138. The zero-order valence-corrected chi connectivity index (χ0v) is 11.1. The van der Waals surface area contributed by atoms with Crippen molar-refractivity contribution in [3.05, 3.63) is 0 Å². The van der Waals surface area contributed by atoms with Crippen LogP contribution in [0.2, 0.25) is 0 Å². The molecule has 1 N–H and O–H groups in total. The van der Waals surface area contributed by atoms with Crippen LogP contribution in [0, 0.1) is 17.8 Å². The average Bonchev–Trinajstić information content (AvgIpc) is 2.91. The first kappa shape index (κ1) is 13.4. The predicted molar refractivity (Wildman–Crippen MR) is 68.1 cm³/mol. The van der Waals surface area contributed by atoms with Crippen molar-refractivity contribution in [1.29, 1.82) is 0 Å². The first-order valence-corrected chi connectivity index (χ1v) is 7.09. The Kier molecular flexibility index (Phi) is 4.25. The molecule has 3 atom stereocenters. The van der Waals surface area contributed by atoms with E-state index in [9.17, 15) is 9.59 Å². The molecule has 4 nitrogen and oxygen atoms in total. The number of hydrogen-bond acceptors (Lipinski definition) is 2. The van der Waals surface area contributed by atoms with E-state index in [0.717, 1.165) is 11.8 Å². The summed E-state index contributed by atoms with van der Waals surface area (Å²) in [5.74, 6) is 1.51. The van der Waals surface area contributed by atoms with Crippen LogP contribution >= 0.6 is 0 Å². The van der Waals surface area contributed by atoms with Gasteiger partial charge in [-0.05, 0) is 43.9 Å². The Labute approximate surface area is 108 Å². The molecule has 2 aliphatic carbocycles. The molecular formula is C14H23NO3. The molecule has 2 rings (SSSR count). The van der Waals surface area contributed by atoms with Crippen LogP contribution in [-0.2, 0) is 9.59 Å². The first-order valence-electron chi connectivity index (χ1n) is 7.09. The minimum Gasteiger partial charge on any atom is -0.481 e. The van der Waals surface area contributed by atoms with Gasteiger partial charge in [-0.2, -0.15) is 0 Å². The standard InChI is InChI=1S/C14H23NO3/c1-2-15(6-5-14(17)18)13(16)9-12-8-10-3-4-11(12)7-10/h10-12H,2-9H2,1H3,(H,17,18).